The van der Waals surface area contributed by atoms with Gasteiger partial charge in [0, 0.05) is 11.5 Å². The summed E-state index contributed by atoms with van der Waals surface area (Å²) in [6.45, 7) is 3.30. The second kappa shape index (κ2) is 11.0. The van der Waals surface area contributed by atoms with Crippen molar-refractivity contribution in [1.29, 1.82) is 5.26 Å². The van der Waals surface area contributed by atoms with Crippen LogP contribution < -0.4 is 5.32 Å². The van der Waals surface area contributed by atoms with Gasteiger partial charge in [0.15, 0.2) is 11.0 Å². The normalized spacial score (nSPS) is 18.0. The number of aryl methyl sites for hydroxylation is 2. The first-order valence-electron chi connectivity index (χ1n) is 12.2. The number of nitriles is 1. The minimum atomic E-state index is -0.145. The molecule has 0 aromatic carbocycles. The second-order valence-corrected chi connectivity index (χ2v) is 11.1. The minimum absolute atomic E-state index is 0.105. The van der Waals surface area contributed by atoms with Crippen molar-refractivity contribution in [3.63, 3.8) is 0 Å². The number of thioether (sulfide) groups is 1. The van der Waals surface area contributed by atoms with Gasteiger partial charge < -0.3 is 14.5 Å². The van der Waals surface area contributed by atoms with E-state index in [9.17, 15) is 10.1 Å². The highest BCUT2D eigenvalue weighted by molar-refractivity contribution is 7.99. The van der Waals surface area contributed by atoms with E-state index in [0.717, 1.165) is 67.8 Å². The van der Waals surface area contributed by atoms with E-state index in [1.165, 1.54) is 29.5 Å². The zero-order chi connectivity index (χ0) is 24.2. The van der Waals surface area contributed by atoms with Crippen LogP contribution >= 0.6 is 23.1 Å². The molecule has 2 aliphatic rings. The maximum absolute atomic E-state index is 12.9. The molecule has 0 spiro atoms. The molecule has 1 N–H and O–H groups in total. The summed E-state index contributed by atoms with van der Waals surface area (Å²) in [5, 5.41) is 23.0. The number of ether oxygens (including phenoxy) is 1. The zero-order valence-corrected chi connectivity index (χ0v) is 21.5. The monoisotopic (exact) mass is 511 g/mol. The average molecular weight is 512 g/mol. The number of hydrogen-bond donors (Lipinski definition) is 1. The van der Waals surface area contributed by atoms with Crippen molar-refractivity contribution in [3.8, 4) is 17.5 Å². The molecule has 3 aromatic heterocycles. The van der Waals surface area contributed by atoms with E-state index in [4.69, 9.17) is 9.15 Å². The largest absolute Gasteiger partial charge is 0.469 e. The standard InChI is InChI=1S/C25H29N5O3S2/c1-16-18(10-12-32-16)23-28-29-25(30(23)14-17-7-6-11-33-17)34-15-22(31)27-24-20(13-26)19-8-4-2-3-5-9-21(19)35-24/h10,12,17H,2-9,11,14-15H2,1H3,(H,27,31). The topological polar surface area (TPSA) is 106 Å². The molecular weight excluding hydrogens is 482 g/mol. The maximum Gasteiger partial charge on any atom is 0.235 e. The Labute approximate surface area is 213 Å². The molecule has 35 heavy (non-hydrogen) atoms. The van der Waals surface area contributed by atoms with Crippen LogP contribution in [0.2, 0.25) is 0 Å². The molecule has 1 aliphatic heterocycles. The third-order valence-corrected chi connectivity index (χ3v) is 8.77. The highest BCUT2D eigenvalue weighted by Gasteiger charge is 2.24. The smallest absolute Gasteiger partial charge is 0.235 e. The van der Waals surface area contributed by atoms with E-state index in [1.807, 2.05) is 17.6 Å². The molecule has 5 rings (SSSR count). The van der Waals surface area contributed by atoms with Gasteiger partial charge in [0.2, 0.25) is 5.91 Å². The Morgan fingerprint density at radius 1 is 1.29 bits per heavy atom. The zero-order valence-electron chi connectivity index (χ0n) is 19.8. The van der Waals surface area contributed by atoms with Crippen LogP contribution in [0.3, 0.4) is 0 Å². The van der Waals surface area contributed by atoms with Crippen LogP contribution in [0, 0.1) is 18.3 Å². The SMILES string of the molecule is Cc1occc1-c1nnc(SCC(=O)Nc2sc3c(c2C#N)CCCCCC3)n1CC1CCCO1. The molecule has 184 valence electrons. The van der Waals surface area contributed by atoms with Crippen molar-refractivity contribution in [2.24, 2.45) is 0 Å². The van der Waals surface area contributed by atoms with Gasteiger partial charge in [-0.3, -0.25) is 9.36 Å². The summed E-state index contributed by atoms with van der Waals surface area (Å²) in [7, 11) is 0. The van der Waals surface area contributed by atoms with Crippen LogP contribution in [0.4, 0.5) is 5.00 Å². The van der Waals surface area contributed by atoms with Gasteiger partial charge in [-0.1, -0.05) is 24.6 Å². The summed E-state index contributed by atoms with van der Waals surface area (Å²) < 4.78 is 13.4. The fourth-order valence-corrected chi connectivity index (χ4v) is 6.79. The summed E-state index contributed by atoms with van der Waals surface area (Å²) in [6, 6.07) is 4.23. The van der Waals surface area contributed by atoms with E-state index in [0.29, 0.717) is 22.3 Å². The number of aromatic nitrogens is 3. The van der Waals surface area contributed by atoms with Crippen LogP contribution in [0.1, 0.15) is 60.3 Å². The van der Waals surface area contributed by atoms with Gasteiger partial charge >= 0.3 is 0 Å². The number of carbonyl (C=O) groups is 1. The van der Waals surface area contributed by atoms with Crippen LogP contribution in [0.25, 0.3) is 11.4 Å². The van der Waals surface area contributed by atoms with Crippen molar-refractivity contribution < 1.29 is 13.9 Å². The predicted octanol–water partition coefficient (Wildman–Crippen LogP) is 5.35. The first-order chi connectivity index (χ1) is 17.1. The van der Waals surface area contributed by atoms with Crippen molar-refractivity contribution in [3.05, 3.63) is 34.1 Å². The van der Waals surface area contributed by atoms with Gasteiger partial charge in [0.25, 0.3) is 0 Å². The van der Waals surface area contributed by atoms with Gasteiger partial charge in [-0.15, -0.1) is 21.5 Å². The lowest BCUT2D eigenvalue weighted by molar-refractivity contribution is -0.113. The molecule has 1 unspecified atom stereocenters. The number of thiophene rings is 1. The van der Waals surface area contributed by atoms with Gasteiger partial charge in [-0.2, -0.15) is 5.26 Å². The first kappa shape index (κ1) is 24.1. The van der Waals surface area contributed by atoms with Gasteiger partial charge in [-0.05, 0) is 57.1 Å². The number of fused-ring (bicyclic) bond motifs is 1. The van der Waals surface area contributed by atoms with Crippen molar-refractivity contribution in [1.82, 2.24) is 14.8 Å². The number of anilines is 1. The molecule has 3 aromatic rings. The Morgan fingerprint density at radius 3 is 2.89 bits per heavy atom. The number of hydrogen-bond acceptors (Lipinski definition) is 8. The molecule has 4 heterocycles. The van der Waals surface area contributed by atoms with Gasteiger partial charge in [-0.25, -0.2) is 0 Å². The fraction of sp³-hybridized carbons (Fsp3) is 0.520. The highest BCUT2D eigenvalue weighted by atomic mass is 32.2. The van der Waals surface area contributed by atoms with Crippen molar-refractivity contribution in [2.45, 2.75) is 76.1 Å². The number of carbonyl (C=O) groups excluding carboxylic acids is 1. The Bertz CT molecular complexity index is 1230. The molecule has 1 saturated heterocycles. The van der Waals surface area contributed by atoms with E-state index in [1.54, 1.807) is 17.6 Å². The lowest BCUT2D eigenvalue weighted by atomic mass is 9.97. The molecular formula is C25H29N5O3S2. The molecule has 8 nitrogen and oxygen atoms in total. The van der Waals surface area contributed by atoms with Gasteiger partial charge in [0.1, 0.15) is 16.8 Å². The number of furan rings is 1. The quantitative estimate of drug-likeness (QED) is 0.426. The first-order valence-corrected chi connectivity index (χ1v) is 14.0. The number of amides is 1. The minimum Gasteiger partial charge on any atom is -0.469 e. The van der Waals surface area contributed by atoms with E-state index in [2.05, 4.69) is 21.6 Å². The number of rotatable bonds is 7. The Balaban J connectivity index is 1.31. The summed E-state index contributed by atoms with van der Waals surface area (Å²) in [5.74, 6) is 1.53. The van der Waals surface area contributed by atoms with E-state index in [-0.39, 0.29) is 17.8 Å². The van der Waals surface area contributed by atoms with Crippen LogP contribution in [0.15, 0.2) is 21.9 Å². The van der Waals surface area contributed by atoms with E-state index < -0.39 is 0 Å². The van der Waals surface area contributed by atoms with Crippen LogP contribution in [-0.4, -0.2) is 39.1 Å². The average Bonchev–Trinajstić information content (AvgIpc) is 3.62. The molecule has 0 bridgehead atoms. The summed E-state index contributed by atoms with van der Waals surface area (Å²) in [5.41, 5.74) is 2.67. The predicted molar refractivity (Wildman–Crippen MR) is 136 cm³/mol. The molecule has 1 aliphatic carbocycles. The Hall–Kier alpha value is -2.61. The van der Waals surface area contributed by atoms with Crippen LogP contribution in [-0.2, 0) is 28.9 Å². The van der Waals surface area contributed by atoms with E-state index >= 15 is 0 Å². The number of nitrogens with one attached hydrogen (secondary N) is 1. The van der Waals surface area contributed by atoms with Crippen LogP contribution in [0.5, 0.6) is 0 Å². The summed E-state index contributed by atoms with van der Waals surface area (Å²) in [4.78, 5) is 14.2. The summed E-state index contributed by atoms with van der Waals surface area (Å²) >= 11 is 2.91. The Morgan fingerprint density at radius 2 is 2.14 bits per heavy atom. The Kier molecular flexibility index (Phi) is 7.56. The van der Waals surface area contributed by atoms with Gasteiger partial charge in [0.05, 0.1) is 35.8 Å². The lowest BCUT2D eigenvalue weighted by Crippen LogP contribution is -2.18. The molecule has 1 atom stereocenters. The molecule has 1 fully saturated rings. The maximum atomic E-state index is 12.9. The van der Waals surface area contributed by atoms with Crippen molar-refractivity contribution in [2.75, 3.05) is 17.7 Å². The summed E-state index contributed by atoms with van der Waals surface area (Å²) in [6.07, 6.45) is 10.4. The molecule has 10 heteroatoms. The van der Waals surface area contributed by atoms with Crippen molar-refractivity contribution >= 4 is 34.0 Å². The molecule has 1 amide bonds. The third kappa shape index (κ3) is 5.32. The third-order valence-electron chi connectivity index (χ3n) is 6.60. The molecule has 0 saturated carbocycles. The number of nitrogens with zero attached hydrogens (tertiary/aromatic N) is 4. The molecule has 0 radical (unpaired) electrons. The highest BCUT2D eigenvalue weighted by Crippen LogP contribution is 2.37. The lowest BCUT2D eigenvalue weighted by Gasteiger charge is -2.14. The fourth-order valence-electron chi connectivity index (χ4n) is 4.79. The second-order valence-electron chi connectivity index (χ2n) is 9.01.